The maximum absolute atomic E-state index is 11.3. The van der Waals surface area contributed by atoms with Crippen LogP contribution in [0.1, 0.15) is 15.9 Å². The van der Waals surface area contributed by atoms with Crippen molar-refractivity contribution in [1.82, 2.24) is 0 Å². The molecule has 16 heavy (non-hydrogen) atoms. The highest BCUT2D eigenvalue weighted by atomic mass is 35.5. The van der Waals surface area contributed by atoms with E-state index in [1.54, 1.807) is 18.2 Å². The van der Waals surface area contributed by atoms with Gasteiger partial charge in [0.25, 0.3) is 5.24 Å². The van der Waals surface area contributed by atoms with Crippen molar-refractivity contribution in [2.24, 2.45) is 0 Å². The van der Waals surface area contributed by atoms with Gasteiger partial charge in [-0.3, -0.25) is 4.79 Å². The summed E-state index contributed by atoms with van der Waals surface area (Å²) < 4.78 is 4.95. The summed E-state index contributed by atoms with van der Waals surface area (Å²) in [5.41, 5.74) is 0.378. The molecule has 0 aliphatic heterocycles. The Bertz CT molecular complexity index is 616. The maximum Gasteiger partial charge on any atom is 0.348 e. The first-order valence-electron chi connectivity index (χ1n) is 4.44. The Hall–Kier alpha value is -1.32. The minimum Gasteiger partial charge on any atom is -0.422 e. The lowest BCUT2D eigenvalue weighted by Gasteiger charge is -2.00. The van der Waals surface area contributed by atoms with Crippen molar-refractivity contribution in [2.75, 3.05) is 0 Å². The van der Waals surface area contributed by atoms with E-state index in [1.165, 1.54) is 6.07 Å². The van der Waals surface area contributed by atoms with Gasteiger partial charge in [0.1, 0.15) is 11.1 Å². The van der Waals surface area contributed by atoms with Gasteiger partial charge in [-0.1, -0.05) is 6.07 Å². The van der Waals surface area contributed by atoms with Gasteiger partial charge in [-0.05, 0) is 35.4 Å². The second-order valence-corrected chi connectivity index (χ2v) is 3.84. The van der Waals surface area contributed by atoms with E-state index < -0.39 is 10.9 Å². The van der Waals surface area contributed by atoms with Crippen molar-refractivity contribution >= 4 is 39.4 Å². The zero-order valence-electron chi connectivity index (χ0n) is 8.00. The van der Waals surface area contributed by atoms with Gasteiger partial charge in [-0.2, -0.15) is 0 Å². The molecule has 3 nitrogen and oxygen atoms in total. The topological polar surface area (TPSA) is 47.3 Å². The van der Waals surface area contributed by atoms with Crippen LogP contribution in [0.25, 0.3) is 11.0 Å². The van der Waals surface area contributed by atoms with Crippen LogP contribution in [0.5, 0.6) is 0 Å². The number of carbonyl (C=O) groups is 1. The fourth-order valence-corrected chi connectivity index (χ4v) is 1.69. The van der Waals surface area contributed by atoms with Gasteiger partial charge in [0.2, 0.25) is 0 Å². The molecule has 0 amide bonds. The van der Waals surface area contributed by atoms with Crippen molar-refractivity contribution in [3.63, 3.8) is 0 Å². The summed E-state index contributed by atoms with van der Waals surface area (Å²) in [5, 5.41) is -0.200. The second kappa shape index (κ2) is 4.28. The highest BCUT2D eigenvalue weighted by Gasteiger charge is 2.11. The summed E-state index contributed by atoms with van der Waals surface area (Å²) >= 11 is 10.9. The molecule has 1 heterocycles. The number of halogens is 2. The van der Waals surface area contributed by atoms with Crippen molar-refractivity contribution in [2.45, 2.75) is 5.88 Å². The van der Waals surface area contributed by atoms with E-state index in [4.69, 9.17) is 27.6 Å². The third kappa shape index (κ3) is 1.96. The quantitative estimate of drug-likeness (QED) is 0.472. The predicted octanol–water partition coefficient (Wildman–Crippen LogP) is 2.91. The molecule has 2 rings (SSSR count). The number of fused-ring (bicyclic) bond motifs is 1. The Labute approximate surface area is 101 Å². The third-order valence-electron chi connectivity index (χ3n) is 2.16. The van der Waals surface area contributed by atoms with Gasteiger partial charge in [0.15, 0.2) is 0 Å². The van der Waals surface area contributed by atoms with E-state index in [0.717, 1.165) is 5.56 Å². The zero-order chi connectivity index (χ0) is 11.7. The molecule has 1 aromatic heterocycles. The second-order valence-electron chi connectivity index (χ2n) is 3.23. The Kier molecular flexibility index (Phi) is 2.99. The highest BCUT2D eigenvalue weighted by Crippen LogP contribution is 2.17. The minimum absolute atomic E-state index is 0.166. The van der Waals surface area contributed by atoms with E-state index in [1.807, 2.05) is 0 Å². The van der Waals surface area contributed by atoms with Crippen molar-refractivity contribution in [3.05, 3.63) is 45.8 Å². The smallest absolute Gasteiger partial charge is 0.348 e. The maximum atomic E-state index is 11.3. The van der Waals surface area contributed by atoms with Crippen LogP contribution >= 0.6 is 23.2 Å². The molecular weight excluding hydrogens is 251 g/mol. The summed E-state index contributed by atoms with van der Waals surface area (Å²) in [7, 11) is 0. The Balaban J connectivity index is 2.75. The lowest BCUT2D eigenvalue weighted by molar-refractivity contribution is 0.107. The van der Waals surface area contributed by atoms with Crippen LogP contribution in [0.3, 0.4) is 0 Å². The van der Waals surface area contributed by atoms with Gasteiger partial charge >= 0.3 is 5.63 Å². The lowest BCUT2D eigenvalue weighted by atomic mass is 10.1. The SMILES string of the molecule is O=C(Cl)c1cc2cc(CCl)ccc2oc1=O. The number of hydrogen-bond donors (Lipinski definition) is 0. The first kappa shape index (κ1) is 11.2. The van der Waals surface area contributed by atoms with E-state index in [9.17, 15) is 9.59 Å². The Morgan fingerprint density at radius 3 is 2.69 bits per heavy atom. The molecule has 0 N–H and O–H groups in total. The van der Waals surface area contributed by atoms with Crippen LogP contribution in [0.15, 0.2) is 33.5 Å². The molecule has 0 aliphatic rings. The van der Waals surface area contributed by atoms with Crippen molar-refractivity contribution in [3.8, 4) is 0 Å². The molecule has 0 unspecified atom stereocenters. The number of benzene rings is 1. The molecule has 1 aromatic carbocycles. The normalized spacial score (nSPS) is 10.6. The first-order valence-corrected chi connectivity index (χ1v) is 5.35. The monoisotopic (exact) mass is 256 g/mol. The number of rotatable bonds is 2. The first-order chi connectivity index (χ1) is 7.61. The summed E-state index contributed by atoms with van der Waals surface area (Å²) in [6.07, 6.45) is 0. The summed E-state index contributed by atoms with van der Waals surface area (Å²) in [4.78, 5) is 22.3. The predicted molar refractivity (Wildman–Crippen MR) is 62.2 cm³/mol. The fourth-order valence-electron chi connectivity index (χ4n) is 1.39. The molecular formula is C11H6Cl2O3. The van der Waals surface area contributed by atoms with Crippen LogP contribution in [0.4, 0.5) is 0 Å². The number of carbonyl (C=O) groups excluding carboxylic acids is 1. The summed E-state index contributed by atoms with van der Waals surface area (Å²) in [5.74, 6) is 0.346. The average molecular weight is 257 g/mol. The van der Waals surface area contributed by atoms with Crippen LogP contribution in [-0.4, -0.2) is 5.24 Å². The van der Waals surface area contributed by atoms with Crippen LogP contribution in [0, 0.1) is 0 Å². The van der Waals surface area contributed by atoms with Gasteiger partial charge in [-0.25, -0.2) is 4.79 Å². The van der Waals surface area contributed by atoms with Gasteiger partial charge in [0.05, 0.1) is 0 Å². The van der Waals surface area contributed by atoms with Crippen molar-refractivity contribution < 1.29 is 9.21 Å². The molecule has 0 bridgehead atoms. The largest absolute Gasteiger partial charge is 0.422 e. The summed E-state index contributed by atoms with van der Waals surface area (Å²) in [6, 6.07) is 6.54. The van der Waals surface area contributed by atoms with Crippen molar-refractivity contribution in [1.29, 1.82) is 0 Å². The van der Waals surface area contributed by atoms with Gasteiger partial charge in [0, 0.05) is 11.3 Å². The molecule has 0 saturated carbocycles. The molecule has 0 atom stereocenters. The molecule has 0 spiro atoms. The standard InChI is InChI=1S/C11H6Cl2O3/c12-5-6-1-2-9-7(3-6)4-8(10(13)14)11(15)16-9/h1-4H,5H2. The molecule has 2 aromatic rings. The molecule has 0 fully saturated rings. The van der Waals surface area contributed by atoms with E-state index >= 15 is 0 Å². The third-order valence-corrected chi connectivity index (χ3v) is 2.67. The molecule has 0 radical (unpaired) electrons. The van der Waals surface area contributed by atoms with E-state index in [0.29, 0.717) is 16.8 Å². The summed E-state index contributed by atoms with van der Waals surface area (Å²) in [6.45, 7) is 0. The molecule has 0 aliphatic carbocycles. The van der Waals surface area contributed by atoms with Crippen LogP contribution < -0.4 is 5.63 Å². The van der Waals surface area contributed by atoms with E-state index in [2.05, 4.69) is 0 Å². The van der Waals surface area contributed by atoms with E-state index in [-0.39, 0.29) is 5.56 Å². The highest BCUT2D eigenvalue weighted by molar-refractivity contribution is 6.67. The Morgan fingerprint density at radius 2 is 2.06 bits per heavy atom. The Morgan fingerprint density at radius 1 is 1.31 bits per heavy atom. The van der Waals surface area contributed by atoms with Gasteiger partial charge < -0.3 is 4.42 Å². The molecule has 0 saturated heterocycles. The van der Waals surface area contributed by atoms with Crippen LogP contribution in [-0.2, 0) is 5.88 Å². The lowest BCUT2D eigenvalue weighted by Crippen LogP contribution is -2.09. The zero-order valence-corrected chi connectivity index (χ0v) is 9.51. The molecule has 82 valence electrons. The van der Waals surface area contributed by atoms with Gasteiger partial charge in [-0.15, -0.1) is 11.6 Å². The fraction of sp³-hybridized carbons (Fsp3) is 0.0909. The number of hydrogen-bond acceptors (Lipinski definition) is 3. The number of alkyl halides is 1. The molecule has 5 heteroatoms. The van der Waals surface area contributed by atoms with Crippen LogP contribution in [0.2, 0.25) is 0 Å². The minimum atomic E-state index is -0.827. The average Bonchev–Trinajstić information content (AvgIpc) is 2.27.